The van der Waals surface area contributed by atoms with Gasteiger partial charge in [-0.25, -0.2) is 9.97 Å². The standard InChI is InChI=1S/C19H19BrN4O2/c1-12-9-16(13(2)23(12)11-17-21-7-4-8-22-17)19(26)14(3)24-10-15(20)5-6-18(24)25/h4-10,14H,11H2,1-3H3. The van der Waals surface area contributed by atoms with E-state index >= 15 is 0 Å². The molecule has 3 aromatic rings. The summed E-state index contributed by atoms with van der Waals surface area (Å²) in [5.41, 5.74) is 2.19. The lowest BCUT2D eigenvalue weighted by Crippen LogP contribution is -2.27. The summed E-state index contributed by atoms with van der Waals surface area (Å²) in [6.07, 6.45) is 5.04. The van der Waals surface area contributed by atoms with Crippen molar-refractivity contribution in [2.75, 3.05) is 0 Å². The Hall–Kier alpha value is -2.54. The number of nitrogens with zero attached hydrogens (tertiary/aromatic N) is 4. The number of ketones is 1. The molecule has 0 radical (unpaired) electrons. The molecule has 0 spiro atoms. The van der Waals surface area contributed by atoms with E-state index in [0.717, 1.165) is 15.9 Å². The number of aryl methyl sites for hydroxylation is 1. The van der Waals surface area contributed by atoms with E-state index in [1.54, 1.807) is 37.6 Å². The van der Waals surface area contributed by atoms with Crippen LogP contribution in [-0.4, -0.2) is 24.9 Å². The first-order valence-corrected chi connectivity index (χ1v) is 9.02. The minimum atomic E-state index is -0.595. The number of rotatable bonds is 5. The highest BCUT2D eigenvalue weighted by atomic mass is 79.9. The van der Waals surface area contributed by atoms with E-state index < -0.39 is 6.04 Å². The number of pyridine rings is 1. The van der Waals surface area contributed by atoms with E-state index in [4.69, 9.17) is 0 Å². The number of hydrogen-bond acceptors (Lipinski definition) is 4. The third-order valence-electron chi connectivity index (χ3n) is 4.46. The molecule has 7 heteroatoms. The number of hydrogen-bond donors (Lipinski definition) is 0. The van der Waals surface area contributed by atoms with Crippen molar-refractivity contribution in [3.05, 3.63) is 80.5 Å². The van der Waals surface area contributed by atoms with Crippen molar-refractivity contribution in [3.8, 4) is 0 Å². The summed E-state index contributed by atoms with van der Waals surface area (Å²) in [6, 6.07) is 6.15. The fraction of sp³-hybridized carbons (Fsp3) is 0.263. The number of aromatic nitrogens is 4. The van der Waals surface area contributed by atoms with Gasteiger partial charge in [0.05, 0.1) is 12.6 Å². The Morgan fingerprint density at radius 3 is 2.62 bits per heavy atom. The van der Waals surface area contributed by atoms with E-state index in [-0.39, 0.29) is 11.3 Å². The van der Waals surface area contributed by atoms with Crippen molar-refractivity contribution in [2.45, 2.75) is 33.4 Å². The molecule has 0 amide bonds. The molecular weight excluding hydrogens is 396 g/mol. The summed E-state index contributed by atoms with van der Waals surface area (Å²) in [6.45, 7) is 6.09. The van der Waals surface area contributed by atoms with Crippen LogP contribution < -0.4 is 5.56 Å². The molecule has 0 fully saturated rings. The third-order valence-corrected chi connectivity index (χ3v) is 4.93. The fourth-order valence-corrected chi connectivity index (χ4v) is 3.33. The second-order valence-corrected chi connectivity index (χ2v) is 7.08. The van der Waals surface area contributed by atoms with Crippen molar-refractivity contribution in [1.29, 1.82) is 0 Å². The minimum absolute atomic E-state index is 0.0986. The van der Waals surface area contributed by atoms with Gasteiger partial charge in [0.25, 0.3) is 5.56 Å². The third kappa shape index (κ3) is 3.53. The maximum Gasteiger partial charge on any atom is 0.251 e. The van der Waals surface area contributed by atoms with Crippen molar-refractivity contribution in [2.24, 2.45) is 0 Å². The van der Waals surface area contributed by atoms with Gasteiger partial charge in [0.1, 0.15) is 5.82 Å². The molecule has 3 rings (SSSR count). The zero-order valence-electron chi connectivity index (χ0n) is 14.8. The Balaban J connectivity index is 1.94. The summed E-state index contributed by atoms with van der Waals surface area (Å²) in [5.74, 6) is 0.586. The van der Waals surface area contributed by atoms with Gasteiger partial charge in [-0.2, -0.15) is 0 Å². The van der Waals surface area contributed by atoms with E-state index in [1.165, 1.54) is 10.6 Å². The average Bonchev–Trinajstić information content (AvgIpc) is 2.91. The van der Waals surface area contributed by atoms with Gasteiger partial charge in [-0.15, -0.1) is 0 Å². The molecule has 1 atom stereocenters. The SMILES string of the molecule is Cc1cc(C(=O)C(C)n2cc(Br)ccc2=O)c(C)n1Cc1ncccn1. The molecule has 1 unspecified atom stereocenters. The van der Waals surface area contributed by atoms with Gasteiger partial charge in [-0.05, 0) is 54.9 Å². The zero-order valence-corrected chi connectivity index (χ0v) is 16.4. The van der Waals surface area contributed by atoms with Crippen LogP contribution in [-0.2, 0) is 6.54 Å². The lowest BCUT2D eigenvalue weighted by atomic mass is 10.1. The van der Waals surface area contributed by atoms with Gasteiger partial charge >= 0.3 is 0 Å². The van der Waals surface area contributed by atoms with Crippen LogP contribution in [0.15, 0.2) is 52.1 Å². The van der Waals surface area contributed by atoms with E-state index in [1.807, 2.05) is 24.5 Å². The Morgan fingerprint density at radius 1 is 1.23 bits per heavy atom. The second kappa shape index (κ2) is 7.37. The molecule has 3 heterocycles. The molecule has 0 aliphatic carbocycles. The molecule has 26 heavy (non-hydrogen) atoms. The molecule has 0 aliphatic rings. The maximum absolute atomic E-state index is 13.0. The number of carbonyl (C=O) groups excluding carboxylic acids is 1. The highest BCUT2D eigenvalue weighted by molar-refractivity contribution is 9.10. The number of Topliss-reactive ketones (excluding diaryl/α,β-unsaturated/α-hetero) is 1. The van der Waals surface area contributed by atoms with Gasteiger partial charge < -0.3 is 9.13 Å². The van der Waals surface area contributed by atoms with Crippen LogP contribution in [0.4, 0.5) is 0 Å². The number of halogens is 1. The minimum Gasteiger partial charge on any atom is -0.341 e. The predicted octanol–water partition coefficient (Wildman–Crippen LogP) is 3.31. The lowest BCUT2D eigenvalue weighted by Gasteiger charge is -2.15. The van der Waals surface area contributed by atoms with Gasteiger partial charge in [0.15, 0.2) is 5.78 Å². The van der Waals surface area contributed by atoms with Gasteiger partial charge in [0.2, 0.25) is 0 Å². The van der Waals surface area contributed by atoms with Crippen LogP contribution in [0, 0.1) is 13.8 Å². The fourth-order valence-electron chi connectivity index (χ4n) is 2.98. The summed E-state index contributed by atoms with van der Waals surface area (Å²) in [5, 5.41) is 0. The largest absolute Gasteiger partial charge is 0.341 e. The highest BCUT2D eigenvalue weighted by Crippen LogP contribution is 2.22. The zero-order chi connectivity index (χ0) is 18.8. The molecule has 0 aromatic carbocycles. The van der Waals surface area contributed by atoms with Gasteiger partial charge in [0, 0.05) is 46.1 Å². The number of carbonyl (C=O) groups is 1. The molecule has 0 bridgehead atoms. The van der Waals surface area contributed by atoms with Crippen molar-refractivity contribution in [3.63, 3.8) is 0 Å². The molecule has 134 valence electrons. The molecule has 0 saturated heterocycles. The van der Waals surface area contributed by atoms with Crippen LogP contribution in [0.1, 0.15) is 40.5 Å². The van der Waals surface area contributed by atoms with Crippen LogP contribution >= 0.6 is 15.9 Å². The quantitative estimate of drug-likeness (QED) is 0.600. The maximum atomic E-state index is 13.0. The van der Waals surface area contributed by atoms with E-state index in [9.17, 15) is 9.59 Å². The Labute approximate surface area is 159 Å². The molecular formula is C19H19BrN4O2. The van der Waals surface area contributed by atoms with Gasteiger partial charge in [-0.3, -0.25) is 9.59 Å². The van der Waals surface area contributed by atoms with E-state index in [0.29, 0.717) is 17.9 Å². The first-order valence-electron chi connectivity index (χ1n) is 8.23. The lowest BCUT2D eigenvalue weighted by molar-refractivity contribution is 0.0932. The summed E-state index contributed by atoms with van der Waals surface area (Å²) in [7, 11) is 0. The first-order chi connectivity index (χ1) is 12.4. The highest BCUT2D eigenvalue weighted by Gasteiger charge is 2.23. The van der Waals surface area contributed by atoms with Crippen LogP contribution in [0.3, 0.4) is 0 Å². The van der Waals surface area contributed by atoms with Crippen molar-refractivity contribution >= 4 is 21.7 Å². The molecule has 6 nitrogen and oxygen atoms in total. The smallest absolute Gasteiger partial charge is 0.251 e. The average molecular weight is 415 g/mol. The van der Waals surface area contributed by atoms with Crippen molar-refractivity contribution in [1.82, 2.24) is 19.1 Å². The Kier molecular flexibility index (Phi) is 5.18. The first kappa shape index (κ1) is 18.3. The van der Waals surface area contributed by atoms with Crippen molar-refractivity contribution < 1.29 is 4.79 Å². The Bertz CT molecular complexity index is 1010. The Morgan fingerprint density at radius 2 is 1.92 bits per heavy atom. The molecule has 0 N–H and O–H groups in total. The van der Waals surface area contributed by atoms with Crippen LogP contribution in [0.25, 0.3) is 0 Å². The monoisotopic (exact) mass is 414 g/mol. The second-order valence-electron chi connectivity index (χ2n) is 6.17. The van der Waals surface area contributed by atoms with E-state index in [2.05, 4.69) is 25.9 Å². The molecule has 3 aromatic heterocycles. The van der Waals surface area contributed by atoms with Crippen LogP contribution in [0.5, 0.6) is 0 Å². The molecule has 0 aliphatic heterocycles. The summed E-state index contributed by atoms with van der Waals surface area (Å²) in [4.78, 5) is 33.6. The van der Waals surface area contributed by atoms with Gasteiger partial charge in [-0.1, -0.05) is 0 Å². The summed E-state index contributed by atoms with van der Waals surface area (Å²) >= 11 is 3.35. The van der Waals surface area contributed by atoms with Crippen LogP contribution in [0.2, 0.25) is 0 Å². The topological polar surface area (TPSA) is 69.8 Å². The molecule has 0 saturated carbocycles. The predicted molar refractivity (Wildman–Crippen MR) is 102 cm³/mol. The summed E-state index contributed by atoms with van der Waals surface area (Å²) < 4.78 is 4.21. The normalized spacial score (nSPS) is 12.2.